The zero-order valence-corrected chi connectivity index (χ0v) is 18.3. The lowest BCUT2D eigenvalue weighted by Gasteiger charge is -2.26. The van der Waals surface area contributed by atoms with Crippen LogP contribution in [0.25, 0.3) is 0 Å². The van der Waals surface area contributed by atoms with E-state index in [0.717, 1.165) is 38.6 Å². The Morgan fingerprint density at radius 3 is 2.45 bits per heavy atom. The molecule has 0 saturated carbocycles. The minimum atomic E-state index is 0.0593. The van der Waals surface area contributed by atoms with Gasteiger partial charge in [-0.2, -0.15) is 0 Å². The Morgan fingerprint density at radius 2 is 1.79 bits per heavy atom. The average molecular weight is 400 g/mol. The van der Waals surface area contributed by atoms with Gasteiger partial charge in [-0.15, -0.1) is 0 Å². The summed E-state index contributed by atoms with van der Waals surface area (Å²) >= 11 is 0. The predicted octanol–water partition coefficient (Wildman–Crippen LogP) is 2.59. The van der Waals surface area contributed by atoms with Crippen molar-refractivity contribution in [2.75, 3.05) is 33.2 Å². The van der Waals surface area contributed by atoms with Crippen molar-refractivity contribution in [3.63, 3.8) is 0 Å². The van der Waals surface area contributed by atoms with Gasteiger partial charge in [0.15, 0.2) is 5.96 Å². The lowest BCUT2D eigenvalue weighted by atomic mass is 10.1. The predicted molar refractivity (Wildman–Crippen MR) is 119 cm³/mol. The van der Waals surface area contributed by atoms with E-state index in [4.69, 9.17) is 0 Å². The number of hydrogen-bond donors (Lipinski definition) is 2. The average Bonchev–Trinajstić information content (AvgIpc) is 3.20. The van der Waals surface area contributed by atoms with Crippen LogP contribution >= 0.6 is 0 Å². The summed E-state index contributed by atoms with van der Waals surface area (Å²) in [6.07, 6.45) is 5.00. The van der Waals surface area contributed by atoms with Crippen LogP contribution in [0.3, 0.4) is 0 Å². The van der Waals surface area contributed by atoms with E-state index in [0.29, 0.717) is 0 Å². The largest absolute Gasteiger partial charge is 0.352 e. The molecule has 2 aliphatic heterocycles. The third-order valence-electron chi connectivity index (χ3n) is 5.90. The van der Waals surface area contributed by atoms with Crippen molar-refractivity contribution in [3.05, 3.63) is 35.4 Å². The van der Waals surface area contributed by atoms with E-state index in [2.05, 4.69) is 44.8 Å². The molecule has 0 aromatic heterocycles. The van der Waals surface area contributed by atoms with Crippen LogP contribution in [0.15, 0.2) is 29.3 Å². The molecule has 29 heavy (non-hydrogen) atoms. The first-order chi connectivity index (χ1) is 14.0. The van der Waals surface area contributed by atoms with E-state index in [-0.39, 0.29) is 17.9 Å². The van der Waals surface area contributed by atoms with Crippen molar-refractivity contribution < 1.29 is 4.79 Å². The molecule has 1 aromatic carbocycles. The lowest BCUT2D eigenvalue weighted by molar-refractivity contribution is -0.133. The summed E-state index contributed by atoms with van der Waals surface area (Å²) in [5, 5.41) is 6.87. The fourth-order valence-corrected chi connectivity index (χ4v) is 4.16. The Bertz CT molecular complexity index is 679. The van der Waals surface area contributed by atoms with Gasteiger partial charge in [-0.25, -0.2) is 0 Å². The SMILES string of the molecule is CN=C(NCc1ccc(CN2CCCCC2)cc1)NC1CCN(C(=O)C(C)C)C1. The number of hydrogen-bond acceptors (Lipinski definition) is 3. The van der Waals surface area contributed by atoms with Gasteiger partial charge in [0.2, 0.25) is 5.91 Å². The molecule has 2 saturated heterocycles. The molecule has 1 amide bonds. The zero-order chi connectivity index (χ0) is 20.6. The van der Waals surface area contributed by atoms with Crippen LogP contribution in [-0.4, -0.2) is 60.9 Å². The number of carbonyl (C=O) groups is 1. The molecule has 6 nitrogen and oxygen atoms in total. The molecular formula is C23H37N5O. The summed E-state index contributed by atoms with van der Waals surface area (Å²) in [4.78, 5) is 21.0. The molecular weight excluding hydrogens is 362 g/mol. The van der Waals surface area contributed by atoms with E-state index >= 15 is 0 Å². The maximum Gasteiger partial charge on any atom is 0.225 e. The normalized spacial score (nSPS) is 20.9. The highest BCUT2D eigenvalue weighted by Gasteiger charge is 2.27. The number of nitrogens with zero attached hydrogens (tertiary/aromatic N) is 3. The highest BCUT2D eigenvalue weighted by molar-refractivity contribution is 5.81. The molecule has 2 fully saturated rings. The highest BCUT2D eigenvalue weighted by atomic mass is 16.2. The Morgan fingerprint density at radius 1 is 1.10 bits per heavy atom. The van der Waals surface area contributed by atoms with Crippen molar-refractivity contribution in [1.29, 1.82) is 0 Å². The van der Waals surface area contributed by atoms with Gasteiger partial charge in [-0.3, -0.25) is 14.7 Å². The van der Waals surface area contributed by atoms with Crippen LogP contribution in [-0.2, 0) is 17.9 Å². The van der Waals surface area contributed by atoms with Crippen molar-refractivity contribution in [2.24, 2.45) is 10.9 Å². The molecule has 6 heteroatoms. The van der Waals surface area contributed by atoms with Crippen molar-refractivity contribution in [2.45, 2.75) is 58.7 Å². The second-order valence-electron chi connectivity index (χ2n) is 8.65. The third-order valence-corrected chi connectivity index (χ3v) is 5.90. The fourth-order valence-electron chi connectivity index (χ4n) is 4.16. The third kappa shape index (κ3) is 6.46. The smallest absolute Gasteiger partial charge is 0.225 e. The summed E-state index contributed by atoms with van der Waals surface area (Å²) in [6.45, 7) is 9.75. The number of piperidine rings is 1. The quantitative estimate of drug-likeness (QED) is 0.570. The Hall–Kier alpha value is -2.08. The van der Waals surface area contributed by atoms with Crippen LogP contribution in [0.2, 0.25) is 0 Å². The van der Waals surface area contributed by atoms with E-state index in [1.807, 2.05) is 18.7 Å². The maximum absolute atomic E-state index is 12.2. The second kappa shape index (κ2) is 10.6. The first-order valence-electron chi connectivity index (χ1n) is 11.1. The monoisotopic (exact) mass is 399 g/mol. The standard InChI is InChI=1S/C23H37N5O/c1-18(2)22(29)28-14-11-21(17-28)26-23(24-3)25-15-19-7-9-20(10-8-19)16-27-12-5-4-6-13-27/h7-10,18,21H,4-6,11-17H2,1-3H3,(H2,24,25,26). The first kappa shape index (κ1) is 21.6. The van der Waals surface area contributed by atoms with Gasteiger partial charge in [0.05, 0.1) is 0 Å². The minimum Gasteiger partial charge on any atom is -0.352 e. The van der Waals surface area contributed by atoms with E-state index in [1.165, 1.54) is 43.5 Å². The van der Waals surface area contributed by atoms with Crippen molar-refractivity contribution in [1.82, 2.24) is 20.4 Å². The number of nitrogens with one attached hydrogen (secondary N) is 2. The van der Waals surface area contributed by atoms with Gasteiger partial charge < -0.3 is 15.5 Å². The first-order valence-corrected chi connectivity index (χ1v) is 11.1. The Balaban J connectivity index is 1.43. The molecule has 2 heterocycles. The summed E-state index contributed by atoms with van der Waals surface area (Å²) in [6, 6.07) is 9.16. The number of aliphatic imine (C=N–C) groups is 1. The summed E-state index contributed by atoms with van der Waals surface area (Å²) in [7, 11) is 1.79. The van der Waals surface area contributed by atoms with Crippen molar-refractivity contribution >= 4 is 11.9 Å². The van der Waals surface area contributed by atoms with Gasteiger partial charge in [-0.1, -0.05) is 44.5 Å². The van der Waals surface area contributed by atoms with Gasteiger partial charge in [0.25, 0.3) is 0 Å². The molecule has 2 aliphatic rings. The Labute approximate surface area is 175 Å². The summed E-state index contributed by atoms with van der Waals surface area (Å²) in [5.74, 6) is 1.09. The minimum absolute atomic E-state index is 0.0593. The molecule has 1 unspecified atom stereocenters. The van der Waals surface area contributed by atoms with Gasteiger partial charge in [0.1, 0.15) is 0 Å². The summed E-state index contributed by atoms with van der Waals surface area (Å²) in [5.41, 5.74) is 2.64. The molecule has 1 aromatic rings. The number of carbonyl (C=O) groups excluding carboxylic acids is 1. The van der Waals surface area contributed by atoms with Crippen molar-refractivity contribution in [3.8, 4) is 0 Å². The van der Waals surface area contributed by atoms with Gasteiger partial charge in [-0.05, 0) is 43.5 Å². The summed E-state index contributed by atoms with van der Waals surface area (Å²) < 4.78 is 0. The van der Waals surface area contributed by atoms with Crippen LogP contribution < -0.4 is 10.6 Å². The molecule has 0 radical (unpaired) electrons. The highest BCUT2D eigenvalue weighted by Crippen LogP contribution is 2.14. The molecule has 160 valence electrons. The molecule has 0 spiro atoms. The number of rotatable bonds is 6. The van der Waals surface area contributed by atoms with E-state index < -0.39 is 0 Å². The topological polar surface area (TPSA) is 60.0 Å². The molecule has 0 aliphatic carbocycles. The lowest BCUT2D eigenvalue weighted by Crippen LogP contribution is -2.45. The number of amides is 1. The molecule has 2 N–H and O–H groups in total. The molecule has 1 atom stereocenters. The second-order valence-corrected chi connectivity index (χ2v) is 8.65. The van der Waals surface area contributed by atoms with Crippen LogP contribution in [0, 0.1) is 5.92 Å². The van der Waals surface area contributed by atoms with Crippen LogP contribution in [0.4, 0.5) is 0 Å². The maximum atomic E-state index is 12.2. The molecule has 0 bridgehead atoms. The zero-order valence-electron chi connectivity index (χ0n) is 18.3. The fraction of sp³-hybridized carbons (Fsp3) is 0.652. The number of guanidine groups is 1. The van der Waals surface area contributed by atoms with Crippen LogP contribution in [0.1, 0.15) is 50.7 Å². The number of likely N-dealkylation sites (tertiary alicyclic amines) is 2. The van der Waals surface area contributed by atoms with Gasteiger partial charge in [0, 0.05) is 45.2 Å². The van der Waals surface area contributed by atoms with E-state index in [1.54, 1.807) is 7.05 Å². The van der Waals surface area contributed by atoms with Gasteiger partial charge >= 0.3 is 0 Å². The van der Waals surface area contributed by atoms with Crippen LogP contribution in [0.5, 0.6) is 0 Å². The molecule has 3 rings (SSSR count). The van der Waals surface area contributed by atoms with E-state index in [9.17, 15) is 4.79 Å². The number of benzene rings is 1. The Kier molecular flexibility index (Phi) is 7.92.